The Hall–Kier alpha value is -4.11. The average Bonchev–Trinajstić information content (AvgIpc) is 3.31. The van der Waals surface area contributed by atoms with Crippen LogP contribution in [-0.2, 0) is 14.8 Å². The molecule has 0 aliphatic carbocycles. The molecule has 0 radical (unpaired) electrons. The Labute approximate surface area is 257 Å². The van der Waals surface area contributed by atoms with Gasteiger partial charge in [0, 0.05) is 74.8 Å². The molecule has 2 aromatic rings. The standard InChI is InChI=1S/C29H39N7O7S/c1-3-32(4-2)29(37)22-10-9-17-34(21-22)44(42,43)28-19-25(36(40)41)11-13-26(28)31-30-20-23-18-24(35(38)39)12-14-27(23)33-15-7-5-6-8-16-33/h11-14,18-20,22,31H,3-10,15-17,21H2,1-2H3/b30-20-/t22-/m1/s1. The predicted molar refractivity (Wildman–Crippen MR) is 168 cm³/mol. The number of carbonyl (C=O) groups is 1. The number of hydrogen-bond acceptors (Lipinski definition) is 10. The minimum atomic E-state index is -4.27. The average molecular weight is 630 g/mol. The number of carbonyl (C=O) groups excluding carboxylic acids is 1. The van der Waals surface area contributed by atoms with Crippen molar-refractivity contribution in [2.75, 3.05) is 49.6 Å². The number of benzene rings is 2. The number of nitro benzene ring substituents is 2. The molecule has 1 amide bonds. The summed E-state index contributed by atoms with van der Waals surface area (Å²) in [4.78, 5) is 38.4. The molecule has 0 unspecified atom stereocenters. The molecule has 15 heteroatoms. The highest BCUT2D eigenvalue weighted by Crippen LogP contribution is 2.32. The number of amides is 1. The highest BCUT2D eigenvalue weighted by molar-refractivity contribution is 7.89. The number of anilines is 2. The molecule has 2 aliphatic rings. The van der Waals surface area contributed by atoms with Gasteiger partial charge in [0.25, 0.3) is 11.4 Å². The summed E-state index contributed by atoms with van der Waals surface area (Å²) in [7, 11) is -4.27. The van der Waals surface area contributed by atoms with Crippen LogP contribution in [0.25, 0.3) is 0 Å². The summed E-state index contributed by atoms with van der Waals surface area (Å²) in [5.74, 6) is -0.633. The van der Waals surface area contributed by atoms with Crippen LogP contribution in [0.5, 0.6) is 0 Å². The summed E-state index contributed by atoms with van der Waals surface area (Å²) in [6.07, 6.45) is 6.61. The van der Waals surface area contributed by atoms with Gasteiger partial charge >= 0.3 is 0 Å². The van der Waals surface area contributed by atoms with Gasteiger partial charge in [-0.25, -0.2) is 8.42 Å². The summed E-state index contributed by atoms with van der Waals surface area (Å²) < 4.78 is 29.0. The molecule has 14 nitrogen and oxygen atoms in total. The molecule has 1 N–H and O–H groups in total. The lowest BCUT2D eigenvalue weighted by Gasteiger charge is -2.34. The summed E-state index contributed by atoms with van der Waals surface area (Å²) in [5.41, 5.74) is 3.45. The van der Waals surface area contributed by atoms with E-state index in [1.165, 1.54) is 34.8 Å². The topological polar surface area (TPSA) is 172 Å². The van der Waals surface area contributed by atoms with Crippen LogP contribution < -0.4 is 10.3 Å². The highest BCUT2D eigenvalue weighted by atomic mass is 32.2. The molecule has 0 saturated carbocycles. The van der Waals surface area contributed by atoms with Crippen molar-refractivity contribution in [3.63, 3.8) is 0 Å². The van der Waals surface area contributed by atoms with Crippen LogP contribution in [0.2, 0.25) is 0 Å². The molecule has 0 bridgehead atoms. The molecule has 2 fully saturated rings. The molecule has 238 valence electrons. The largest absolute Gasteiger partial charge is 0.371 e. The predicted octanol–water partition coefficient (Wildman–Crippen LogP) is 4.60. The number of hydrazone groups is 1. The maximum Gasteiger partial charge on any atom is 0.270 e. The van der Waals surface area contributed by atoms with Crippen LogP contribution in [0.1, 0.15) is 57.9 Å². The number of nitrogens with zero attached hydrogens (tertiary/aromatic N) is 6. The van der Waals surface area contributed by atoms with Crippen LogP contribution in [0, 0.1) is 26.1 Å². The molecule has 2 aromatic carbocycles. The second-order valence-electron chi connectivity index (χ2n) is 10.9. The first-order valence-electron chi connectivity index (χ1n) is 15.0. The van der Waals surface area contributed by atoms with E-state index in [9.17, 15) is 33.4 Å². The number of nitrogens with one attached hydrogen (secondary N) is 1. The first kappa shape index (κ1) is 32.8. The van der Waals surface area contributed by atoms with Crippen molar-refractivity contribution in [1.82, 2.24) is 9.21 Å². The van der Waals surface area contributed by atoms with Gasteiger partial charge in [0.1, 0.15) is 4.90 Å². The van der Waals surface area contributed by atoms with Gasteiger partial charge in [-0.2, -0.15) is 9.41 Å². The minimum absolute atomic E-state index is 0.00537. The second-order valence-corrected chi connectivity index (χ2v) is 12.8. The lowest BCUT2D eigenvalue weighted by Crippen LogP contribution is -2.46. The zero-order valence-electron chi connectivity index (χ0n) is 25.1. The zero-order valence-corrected chi connectivity index (χ0v) is 25.9. The highest BCUT2D eigenvalue weighted by Gasteiger charge is 2.36. The Bertz CT molecular complexity index is 1500. The third-order valence-electron chi connectivity index (χ3n) is 8.16. The Morgan fingerprint density at radius 3 is 2.25 bits per heavy atom. The van der Waals surface area contributed by atoms with Crippen LogP contribution in [0.4, 0.5) is 22.7 Å². The molecule has 0 spiro atoms. The molecular weight excluding hydrogens is 590 g/mol. The first-order chi connectivity index (χ1) is 21.1. The van der Waals surface area contributed by atoms with E-state index in [1.807, 2.05) is 13.8 Å². The maximum absolute atomic E-state index is 13.9. The summed E-state index contributed by atoms with van der Waals surface area (Å²) in [6.45, 7) is 6.49. The van der Waals surface area contributed by atoms with Crippen molar-refractivity contribution < 1.29 is 23.1 Å². The number of rotatable bonds is 11. The van der Waals surface area contributed by atoms with Gasteiger partial charge in [0.05, 0.1) is 27.7 Å². The van der Waals surface area contributed by atoms with Crippen LogP contribution in [0.15, 0.2) is 46.4 Å². The second kappa shape index (κ2) is 14.6. The molecular formula is C29H39N7O7S. The fourth-order valence-corrected chi connectivity index (χ4v) is 7.44. The quantitative estimate of drug-likeness (QED) is 0.212. The molecule has 2 saturated heterocycles. The van der Waals surface area contributed by atoms with E-state index in [0.29, 0.717) is 31.5 Å². The number of sulfonamides is 1. The smallest absolute Gasteiger partial charge is 0.270 e. The van der Waals surface area contributed by atoms with Crippen LogP contribution in [-0.4, -0.2) is 78.9 Å². The van der Waals surface area contributed by atoms with Gasteiger partial charge < -0.3 is 9.80 Å². The number of hydrogen-bond donors (Lipinski definition) is 1. The molecule has 2 heterocycles. The van der Waals surface area contributed by atoms with Crippen molar-refractivity contribution in [2.24, 2.45) is 11.0 Å². The van der Waals surface area contributed by atoms with E-state index < -0.39 is 31.5 Å². The normalized spacial score (nSPS) is 18.1. The Morgan fingerprint density at radius 2 is 1.61 bits per heavy atom. The summed E-state index contributed by atoms with van der Waals surface area (Å²) >= 11 is 0. The summed E-state index contributed by atoms with van der Waals surface area (Å²) in [5, 5.41) is 27.3. The molecule has 4 rings (SSSR count). The van der Waals surface area contributed by atoms with E-state index in [-0.39, 0.29) is 35.3 Å². The minimum Gasteiger partial charge on any atom is -0.371 e. The van der Waals surface area contributed by atoms with Crippen molar-refractivity contribution in [3.8, 4) is 0 Å². The van der Waals surface area contributed by atoms with Crippen molar-refractivity contribution in [3.05, 3.63) is 62.2 Å². The molecule has 2 aliphatic heterocycles. The van der Waals surface area contributed by atoms with Gasteiger partial charge in [-0.1, -0.05) is 12.8 Å². The lowest BCUT2D eigenvalue weighted by molar-refractivity contribution is -0.385. The Morgan fingerprint density at radius 1 is 0.977 bits per heavy atom. The number of nitro groups is 2. The molecule has 44 heavy (non-hydrogen) atoms. The molecule has 0 aromatic heterocycles. The summed E-state index contributed by atoms with van der Waals surface area (Å²) in [6, 6.07) is 7.99. The Balaban J connectivity index is 1.65. The van der Waals surface area contributed by atoms with Gasteiger partial charge in [0.15, 0.2) is 0 Å². The first-order valence-corrected chi connectivity index (χ1v) is 16.4. The van der Waals surface area contributed by atoms with Crippen molar-refractivity contribution >= 4 is 44.9 Å². The van der Waals surface area contributed by atoms with E-state index in [1.54, 1.807) is 11.0 Å². The number of piperidine rings is 1. The van der Waals surface area contributed by atoms with Crippen LogP contribution >= 0.6 is 0 Å². The van der Waals surface area contributed by atoms with E-state index in [4.69, 9.17) is 0 Å². The monoisotopic (exact) mass is 629 g/mol. The van der Waals surface area contributed by atoms with Gasteiger partial charge in [0.2, 0.25) is 15.9 Å². The van der Waals surface area contributed by atoms with E-state index in [2.05, 4.69) is 15.4 Å². The number of non-ortho nitro benzene ring substituents is 2. The third-order valence-corrected chi connectivity index (χ3v) is 10.1. The van der Waals surface area contributed by atoms with Crippen molar-refractivity contribution in [2.45, 2.75) is 57.3 Å². The third kappa shape index (κ3) is 7.50. The fraction of sp³-hybridized carbons (Fsp3) is 0.517. The van der Waals surface area contributed by atoms with Crippen LogP contribution in [0.3, 0.4) is 0 Å². The fourth-order valence-electron chi connectivity index (χ4n) is 5.76. The zero-order chi connectivity index (χ0) is 31.9. The lowest BCUT2D eigenvalue weighted by atomic mass is 9.98. The SMILES string of the molecule is CCN(CC)C(=O)[C@@H]1CCCN(S(=O)(=O)c2cc([N+](=O)[O-])ccc2N/N=C\c2cc([N+](=O)[O-])ccc2N2CCCCCC2)C1. The van der Waals surface area contributed by atoms with E-state index >= 15 is 0 Å². The van der Waals surface area contributed by atoms with Gasteiger partial charge in [-0.3, -0.25) is 30.4 Å². The van der Waals surface area contributed by atoms with Gasteiger partial charge in [-0.05, 0) is 51.7 Å². The maximum atomic E-state index is 13.9. The van der Waals surface area contributed by atoms with E-state index in [0.717, 1.165) is 50.5 Å². The Kier molecular flexibility index (Phi) is 10.9. The molecule has 1 atom stereocenters. The van der Waals surface area contributed by atoms with Crippen molar-refractivity contribution in [1.29, 1.82) is 0 Å². The van der Waals surface area contributed by atoms with Gasteiger partial charge in [-0.15, -0.1) is 0 Å².